The number of nitrogens with one attached hydrogen (secondary N) is 2. The van der Waals surface area contributed by atoms with Crippen molar-refractivity contribution < 1.29 is 9.18 Å². The van der Waals surface area contributed by atoms with Gasteiger partial charge in [-0.1, -0.05) is 13.8 Å². The van der Waals surface area contributed by atoms with Crippen molar-refractivity contribution in [3.63, 3.8) is 0 Å². The van der Waals surface area contributed by atoms with Crippen molar-refractivity contribution in [1.29, 1.82) is 5.26 Å². The predicted molar refractivity (Wildman–Crippen MR) is 111 cm³/mol. The van der Waals surface area contributed by atoms with Gasteiger partial charge in [-0.2, -0.15) is 10.4 Å². The lowest BCUT2D eigenvalue weighted by atomic mass is 9.98. The van der Waals surface area contributed by atoms with Crippen molar-refractivity contribution in [3.05, 3.63) is 40.8 Å². The van der Waals surface area contributed by atoms with E-state index in [0.717, 1.165) is 29.9 Å². The van der Waals surface area contributed by atoms with E-state index in [0.29, 0.717) is 23.3 Å². The zero-order valence-electron chi connectivity index (χ0n) is 17.0. The maximum Gasteiger partial charge on any atom is 0.274 e. The van der Waals surface area contributed by atoms with Crippen LogP contribution >= 0.6 is 0 Å². The molecular weight excluding hydrogens is 391 g/mol. The maximum atomic E-state index is 13.6. The van der Waals surface area contributed by atoms with Gasteiger partial charge in [-0.15, -0.1) is 0 Å². The minimum absolute atomic E-state index is 0.112. The Balaban J connectivity index is 1.92. The van der Waals surface area contributed by atoms with Gasteiger partial charge in [0, 0.05) is 42.3 Å². The molecule has 2 aromatic rings. The van der Waals surface area contributed by atoms with Crippen LogP contribution in [0.25, 0.3) is 0 Å². The molecule has 2 unspecified atom stereocenters. The molecule has 29 heavy (non-hydrogen) atoms. The molecule has 0 bridgehead atoms. The number of rotatable bonds is 4. The summed E-state index contributed by atoms with van der Waals surface area (Å²) < 4.78 is 23.2. The number of aryl methyl sites for hydroxylation is 1. The van der Waals surface area contributed by atoms with E-state index in [-0.39, 0.29) is 11.5 Å². The minimum atomic E-state index is -0.615. The molecule has 2 N–H and O–H groups in total. The number of fused-ring (bicyclic) bond motifs is 1. The molecule has 154 valence electrons. The van der Waals surface area contributed by atoms with E-state index in [1.165, 1.54) is 18.2 Å². The predicted octanol–water partition coefficient (Wildman–Crippen LogP) is 3.34. The summed E-state index contributed by atoms with van der Waals surface area (Å²) in [6, 6.07) is 6.04. The van der Waals surface area contributed by atoms with Gasteiger partial charge < -0.3 is 5.32 Å². The molecule has 0 saturated heterocycles. The second-order valence-electron chi connectivity index (χ2n) is 7.47. The van der Waals surface area contributed by atoms with Crippen molar-refractivity contribution in [2.75, 3.05) is 12.4 Å². The average Bonchev–Trinajstić information content (AvgIpc) is 2.91. The topological polar surface area (TPSA) is 95.1 Å². The van der Waals surface area contributed by atoms with Gasteiger partial charge in [-0.25, -0.2) is 13.5 Å². The number of carbonyl (C=O) groups is 1. The van der Waals surface area contributed by atoms with Gasteiger partial charge in [0.1, 0.15) is 22.6 Å². The largest absolute Gasteiger partial charge is 0.321 e. The zero-order chi connectivity index (χ0) is 21.1. The third kappa shape index (κ3) is 4.54. The molecular formula is C20H25FN6OS. The lowest BCUT2D eigenvalue weighted by Gasteiger charge is -2.18. The molecule has 1 aromatic carbocycles. The van der Waals surface area contributed by atoms with Gasteiger partial charge in [0.05, 0.1) is 5.56 Å². The second kappa shape index (κ2) is 8.84. The van der Waals surface area contributed by atoms with Crippen LogP contribution in [0.2, 0.25) is 0 Å². The van der Waals surface area contributed by atoms with E-state index in [1.54, 1.807) is 24.8 Å². The first-order chi connectivity index (χ1) is 13.8. The molecule has 1 amide bonds. The molecule has 2 heterocycles. The molecule has 9 heteroatoms. The molecule has 0 saturated carbocycles. The first kappa shape index (κ1) is 21.1. The quantitative estimate of drug-likeness (QED) is 0.799. The number of anilines is 1. The normalized spacial score (nSPS) is 18.9. The Morgan fingerprint density at radius 1 is 1.55 bits per heavy atom. The SMILES string of the molecule is CN=S1NC(CC(C)C)CCc2c1nn(C)c2C(=O)Nc1ccc(F)c(C#N)c1. The van der Waals surface area contributed by atoms with Crippen LogP contribution in [-0.4, -0.2) is 28.8 Å². The summed E-state index contributed by atoms with van der Waals surface area (Å²) in [6.07, 6.45) is 2.65. The smallest absolute Gasteiger partial charge is 0.274 e. The lowest BCUT2D eigenvalue weighted by molar-refractivity contribution is 0.101. The minimum Gasteiger partial charge on any atom is -0.321 e. The number of halogens is 1. The Bertz CT molecular complexity index is 1010. The third-order valence-electron chi connectivity index (χ3n) is 4.81. The van der Waals surface area contributed by atoms with Crippen LogP contribution in [0, 0.1) is 23.1 Å². The summed E-state index contributed by atoms with van der Waals surface area (Å²) in [4.78, 5) is 13.0. The lowest BCUT2D eigenvalue weighted by Crippen LogP contribution is -2.31. The molecule has 7 nitrogen and oxygen atoms in total. The molecule has 1 aliphatic rings. The maximum absolute atomic E-state index is 13.6. The van der Waals surface area contributed by atoms with Crippen molar-refractivity contribution in [1.82, 2.24) is 14.5 Å². The number of aromatic nitrogens is 2. The summed E-state index contributed by atoms with van der Waals surface area (Å²) in [5.74, 6) is -0.392. The fraction of sp³-hybridized carbons (Fsp3) is 0.450. The number of nitrogens with zero attached hydrogens (tertiary/aromatic N) is 4. The highest BCUT2D eigenvalue weighted by Crippen LogP contribution is 2.26. The monoisotopic (exact) mass is 416 g/mol. The van der Waals surface area contributed by atoms with Crippen LogP contribution in [0.5, 0.6) is 0 Å². The number of hydrogen-bond acceptors (Lipinski definition) is 4. The Labute approximate surface area is 172 Å². The van der Waals surface area contributed by atoms with E-state index < -0.39 is 16.7 Å². The zero-order valence-corrected chi connectivity index (χ0v) is 17.8. The molecule has 1 aliphatic heterocycles. The number of hydrogen-bond donors (Lipinski definition) is 2. The second-order valence-corrected chi connectivity index (χ2v) is 9.02. The number of nitriles is 1. The fourth-order valence-corrected chi connectivity index (χ4v) is 5.10. The van der Waals surface area contributed by atoms with Crippen molar-refractivity contribution in [3.8, 4) is 6.07 Å². The van der Waals surface area contributed by atoms with Gasteiger partial charge >= 0.3 is 0 Å². The van der Waals surface area contributed by atoms with E-state index in [4.69, 9.17) is 5.26 Å². The summed E-state index contributed by atoms with van der Waals surface area (Å²) in [5.41, 5.74) is 1.61. The summed E-state index contributed by atoms with van der Waals surface area (Å²) in [7, 11) is 2.91. The molecule has 2 atom stereocenters. The van der Waals surface area contributed by atoms with Gasteiger partial charge in [-0.05, 0) is 43.4 Å². The number of amides is 1. The van der Waals surface area contributed by atoms with Gasteiger partial charge in [0.15, 0.2) is 0 Å². The highest BCUT2D eigenvalue weighted by Gasteiger charge is 2.29. The Morgan fingerprint density at radius 3 is 2.97 bits per heavy atom. The first-order valence-corrected chi connectivity index (χ1v) is 10.7. The number of benzene rings is 1. The molecule has 0 radical (unpaired) electrons. The first-order valence-electron chi connectivity index (χ1n) is 9.51. The van der Waals surface area contributed by atoms with Crippen molar-refractivity contribution in [2.24, 2.45) is 17.3 Å². The average molecular weight is 417 g/mol. The molecule has 0 spiro atoms. The number of carbonyl (C=O) groups excluding carboxylic acids is 1. The van der Waals surface area contributed by atoms with E-state index >= 15 is 0 Å². The fourth-order valence-electron chi connectivity index (χ4n) is 3.55. The highest BCUT2D eigenvalue weighted by molar-refractivity contribution is 7.85. The Kier molecular flexibility index (Phi) is 6.45. The van der Waals surface area contributed by atoms with Crippen molar-refractivity contribution >= 4 is 22.5 Å². The van der Waals surface area contributed by atoms with Gasteiger partial charge in [-0.3, -0.25) is 9.48 Å². The third-order valence-corrected chi connectivity index (χ3v) is 6.43. The Hall–Kier alpha value is -2.57. The summed E-state index contributed by atoms with van der Waals surface area (Å²) >= 11 is 0. The molecule has 0 fully saturated rings. The van der Waals surface area contributed by atoms with Crippen molar-refractivity contribution in [2.45, 2.75) is 44.2 Å². The van der Waals surface area contributed by atoms with Crippen LogP contribution in [0.4, 0.5) is 10.1 Å². The van der Waals surface area contributed by atoms with Gasteiger partial charge in [0.25, 0.3) is 5.91 Å². The van der Waals surface area contributed by atoms with Gasteiger partial charge in [0.2, 0.25) is 0 Å². The van der Waals surface area contributed by atoms with Crippen LogP contribution in [0.3, 0.4) is 0 Å². The molecule has 0 aliphatic carbocycles. The van der Waals surface area contributed by atoms with E-state index in [9.17, 15) is 9.18 Å². The molecule has 3 rings (SSSR count). The van der Waals surface area contributed by atoms with Crippen LogP contribution in [0.1, 0.15) is 48.3 Å². The standard InChI is InChI=1S/C20H25FN6OS/c1-12(2)9-15-5-7-16-18(27(4)25-20(16)29(23-3)26-15)19(28)24-14-6-8-17(21)13(10-14)11-22/h6,8,10,12,15H,5,7,9H2,1-4H3,(H,23,26)(H,24,28). The van der Waals surface area contributed by atoms with Crippen LogP contribution in [-0.2, 0) is 24.3 Å². The Morgan fingerprint density at radius 2 is 2.31 bits per heavy atom. The highest BCUT2D eigenvalue weighted by atomic mass is 32.2. The molecule has 1 aromatic heterocycles. The van der Waals surface area contributed by atoms with E-state index in [1.807, 2.05) is 0 Å². The summed E-state index contributed by atoms with van der Waals surface area (Å²) in [5, 5.41) is 17.2. The van der Waals surface area contributed by atoms with E-state index in [2.05, 4.69) is 33.3 Å². The van der Waals surface area contributed by atoms with Crippen LogP contribution < -0.4 is 10.0 Å². The summed E-state index contributed by atoms with van der Waals surface area (Å²) in [6.45, 7) is 4.38. The van der Waals surface area contributed by atoms with Crippen LogP contribution in [0.15, 0.2) is 27.6 Å².